The summed E-state index contributed by atoms with van der Waals surface area (Å²) in [5, 5.41) is 2.78. The van der Waals surface area contributed by atoms with Gasteiger partial charge in [0.25, 0.3) is 0 Å². The van der Waals surface area contributed by atoms with Crippen molar-refractivity contribution >= 4 is 21.6 Å². The molecule has 0 unspecified atom stereocenters. The minimum absolute atomic E-state index is 0.168. The van der Waals surface area contributed by atoms with Crippen molar-refractivity contribution in [2.45, 2.75) is 37.7 Å². The molecule has 0 radical (unpaired) electrons. The summed E-state index contributed by atoms with van der Waals surface area (Å²) in [5.74, 6) is 0.398. The highest BCUT2D eigenvalue weighted by Crippen LogP contribution is 2.24. The summed E-state index contributed by atoms with van der Waals surface area (Å²) >= 11 is 0. The van der Waals surface area contributed by atoms with E-state index in [1.54, 1.807) is 28.6 Å². The summed E-state index contributed by atoms with van der Waals surface area (Å²) in [6.07, 6.45) is 2.01. The van der Waals surface area contributed by atoms with Crippen molar-refractivity contribution in [1.82, 2.24) is 4.31 Å². The van der Waals surface area contributed by atoms with Crippen LogP contribution in [0.5, 0.6) is 0 Å². The van der Waals surface area contributed by atoms with Crippen molar-refractivity contribution in [2.24, 2.45) is 5.92 Å². The van der Waals surface area contributed by atoms with Gasteiger partial charge in [0.2, 0.25) is 15.9 Å². The van der Waals surface area contributed by atoms with Gasteiger partial charge in [0.15, 0.2) is 0 Å². The predicted octanol–water partition coefficient (Wildman–Crippen LogP) is 3.65. The average molecular weight is 417 g/mol. The molecule has 0 aromatic heterocycles. The van der Waals surface area contributed by atoms with E-state index in [0.29, 0.717) is 37.9 Å². The van der Waals surface area contributed by atoms with E-state index >= 15 is 0 Å². The van der Waals surface area contributed by atoms with Crippen LogP contribution >= 0.6 is 0 Å². The predicted molar refractivity (Wildman–Crippen MR) is 113 cm³/mol. The lowest BCUT2D eigenvalue weighted by Crippen LogP contribution is -2.37. The molecule has 1 amide bonds. The van der Waals surface area contributed by atoms with Crippen LogP contribution in [-0.4, -0.2) is 38.3 Å². The number of piperidine rings is 1. The number of benzene rings is 2. The number of amides is 1. The normalized spacial score (nSPS) is 15.9. The van der Waals surface area contributed by atoms with Crippen LogP contribution < -0.4 is 5.32 Å². The highest BCUT2D eigenvalue weighted by Gasteiger charge is 2.27. The lowest BCUT2D eigenvalue weighted by Gasteiger charge is -2.29. The van der Waals surface area contributed by atoms with Gasteiger partial charge < -0.3 is 10.1 Å². The van der Waals surface area contributed by atoms with Crippen LogP contribution in [-0.2, 0) is 26.2 Å². The Bertz CT molecular complexity index is 890. The number of hydrogen-bond donors (Lipinski definition) is 1. The molecule has 0 saturated carbocycles. The molecule has 0 bridgehead atoms. The van der Waals surface area contributed by atoms with Gasteiger partial charge in [0, 0.05) is 18.8 Å². The van der Waals surface area contributed by atoms with E-state index in [2.05, 4.69) is 12.2 Å². The third kappa shape index (κ3) is 6.13. The van der Waals surface area contributed by atoms with Gasteiger partial charge in [-0.05, 0) is 48.6 Å². The fraction of sp³-hybridized carbons (Fsp3) is 0.409. The van der Waals surface area contributed by atoms with Gasteiger partial charge in [-0.1, -0.05) is 37.3 Å². The first-order valence-electron chi connectivity index (χ1n) is 9.97. The second-order valence-electron chi connectivity index (χ2n) is 7.45. The second kappa shape index (κ2) is 10.0. The molecule has 1 aliphatic rings. The molecule has 7 heteroatoms. The lowest BCUT2D eigenvalue weighted by molar-refractivity contribution is -0.117. The first-order valence-corrected chi connectivity index (χ1v) is 11.4. The molecule has 0 spiro atoms. The molecular weight excluding hydrogens is 388 g/mol. The maximum atomic E-state index is 12.7. The molecule has 1 heterocycles. The van der Waals surface area contributed by atoms with Gasteiger partial charge in [-0.2, -0.15) is 4.31 Å². The molecule has 6 nitrogen and oxygen atoms in total. The summed E-state index contributed by atoms with van der Waals surface area (Å²) < 4.78 is 32.5. The standard InChI is InChI=1S/C22H28N2O4S/c1-18-11-14-24(15-12-18)29(26,27)21-9-7-20(8-10-21)23-22(25)13-16-28-17-19-5-3-2-4-6-19/h2-10,18H,11-17H2,1H3,(H,23,25). The molecule has 2 aromatic carbocycles. The van der Waals surface area contributed by atoms with Crippen LogP contribution in [0.3, 0.4) is 0 Å². The van der Waals surface area contributed by atoms with Gasteiger partial charge in [-0.15, -0.1) is 0 Å². The highest BCUT2D eigenvalue weighted by molar-refractivity contribution is 7.89. The Kier molecular flexibility index (Phi) is 7.41. The Labute approximate surface area is 172 Å². The molecule has 3 rings (SSSR count). The summed E-state index contributed by atoms with van der Waals surface area (Å²) in [7, 11) is -3.47. The molecule has 156 valence electrons. The van der Waals surface area contributed by atoms with Crippen molar-refractivity contribution in [3.63, 3.8) is 0 Å². The maximum absolute atomic E-state index is 12.7. The molecule has 1 N–H and O–H groups in total. The van der Waals surface area contributed by atoms with Crippen LogP contribution in [0, 0.1) is 5.92 Å². The van der Waals surface area contributed by atoms with Crippen molar-refractivity contribution in [3.05, 3.63) is 60.2 Å². The number of hydrogen-bond acceptors (Lipinski definition) is 4. The SMILES string of the molecule is CC1CCN(S(=O)(=O)c2ccc(NC(=O)CCOCc3ccccc3)cc2)CC1. The Morgan fingerprint density at radius 2 is 1.72 bits per heavy atom. The molecular formula is C22H28N2O4S. The summed E-state index contributed by atoms with van der Waals surface area (Å²) in [6.45, 7) is 4.06. The van der Waals surface area contributed by atoms with E-state index in [1.165, 1.54) is 0 Å². The molecule has 0 aliphatic carbocycles. The van der Waals surface area contributed by atoms with Crippen LogP contribution in [0.25, 0.3) is 0 Å². The lowest BCUT2D eigenvalue weighted by atomic mass is 10.0. The number of rotatable bonds is 8. The molecule has 1 aliphatic heterocycles. The van der Waals surface area contributed by atoms with Gasteiger partial charge in [0.1, 0.15) is 0 Å². The van der Waals surface area contributed by atoms with E-state index in [4.69, 9.17) is 4.74 Å². The van der Waals surface area contributed by atoms with Crippen LogP contribution in [0.15, 0.2) is 59.5 Å². The third-order valence-corrected chi connectivity index (χ3v) is 7.02. The number of carbonyl (C=O) groups is 1. The Hall–Kier alpha value is -2.22. The Morgan fingerprint density at radius 3 is 2.38 bits per heavy atom. The van der Waals surface area contributed by atoms with Crippen molar-refractivity contribution in [1.29, 1.82) is 0 Å². The van der Waals surface area contributed by atoms with Crippen molar-refractivity contribution in [2.75, 3.05) is 25.0 Å². The molecule has 1 saturated heterocycles. The molecule has 0 atom stereocenters. The number of nitrogens with one attached hydrogen (secondary N) is 1. The summed E-state index contributed by atoms with van der Waals surface area (Å²) in [6, 6.07) is 16.1. The highest BCUT2D eigenvalue weighted by atomic mass is 32.2. The topological polar surface area (TPSA) is 75.7 Å². The largest absolute Gasteiger partial charge is 0.376 e. The number of anilines is 1. The molecule has 2 aromatic rings. The monoisotopic (exact) mass is 416 g/mol. The number of nitrogens with zero attached hydrogens (tertiary/aromatic N) is 1. The fourth-order valence-electron chi connectivity index (χ4n) is 3.24. The third-order valence-electron chi connectivity index (χ3n) is 5.10. The van der Waals surface area contributed by atoms with E-state index in [-0.39, 0.29) is 17.2 Å². The minimum Gasteiger partial charge on any atom is -0.376 e. The van der Waals surface area contributed by atoms with Gasteiger partial charge in [0.05, 0.1) is 24.5 Å². The Balaban J connectivity index is 1.46. The molecule has 29 heavy (non-hydrogen) atoms. The average Bonchev–Trinajstić information content (AvgIpc) is 2.73. The van der Waals surface area contributed by atoms with Crippen LogP contribution in [0.2, 0.25) is 0 Å². The van der Waals surface area contributed by atoms with Gasteiger partial charge >= 0.3 is 0 Å². The fourth-order valence-corrected chi connectivity index (χ4v) is 4.71. The molecule has 1 fully saturated rings. The van der Waals surface area contributed by atoms with Crippen molar-refractivity contribution < 1.29 is 17.9 Å². The van der Waals surface area contributed by atoms with E-state index < -0.39 is 10.0 Å². The first kappa shape index (κ1) is 21.5. The summed E-state index contributed by atoms with van der Waals surface area (Å²) in [5.41, 5.74) is 1.64. The van der Waals surface area contributed by atoms with Crippen LogP contribution in [0.4, 0.5) is 5.69 Å². The quantitative estimate of drug-likeness (QED) is 0.667. The number of carbonyl (C=O) groups excluding carboxylic acids is 1. The zero-order valence-electron chi connectivity index (χ0n) is 16.7. The van der Waals surface area contributed by atoms with E-state index in [1.807, 2.05) is 30.3 Å². The number of sulfonamides is 1. The van der Waals surface area contributed by atoms with E-state index in [9.17, 15) is 13.2 Å². The Morgan fingerprint density at radius 1 is 1.07 bits per heavy atom. The maximum Gasteiger partial charge on any atom is 0.243 e. The smallest absolute Gasteiger partial charge is 0.243 e. The van der Waals surface area contributed by atoms with Gasteiger partial charge in [-0.25, -0.2) is 8.42 Å². The second-order valence-corrected chi connectivity index (χ2v) is 9.39. The first-order chi connectivity index (χ1) is 13.9. The van der Waals surface area contributed by atoms with Crippen LogP contribution in [0.1, 0.15) is 31.7 Å². The van der Waals surface area contributed by atoms with E-state index in [0.717, 1.165) is 18.4 Å². The zero-order valence-corrected chi connectivity index (χ0v) is 17.5. The number of ether oxygens (including phenoxy) is 1. The van der Waals surface area contributed by atoms with Gasteiger partial charge in [-0.3, -0.25) is 4.79 Å². The minimum atomic E-state index is -3.47. The van der Waals surface area contributed by atoms with Crippen molar-refractivity contribution in [3.8, 4) is 0 Å². The summed E-state index contributed by atoms with van der Waals surface area (Å²) in [4.78, 5) is 12.3. The zero-order chi connectivity index (χ0) is 20.7.